The van der Waals surface area contributed by atoms with Crippen LogP contribution in [-0.4, -0.2) is 56.1 Å². The van der Waals surface area contributed by atoms with Gasteiger partial charge in [-0.25, -0.2) is 4.79 Å². The molecule has 4 N–H and O–H groups in total. The minimum absolute atomic E-state index is 0.0375. The number of nitrogens with two attached hydrogens (primary N) is 1. The minimum atomic E-state index is -1.03. The van der Waals surface area contributed by atoms with Crippen molar-refractivity contribution in [2.24, 2.45) is 17.6 Å². The summed E-state index contributed by atoms with van der Waals surface area (Å²) in [5.74, 6) is -0.614. The van der Waals surface area contributed by atoms with Crippen molar-refractivity contribution in [2.75, 3.05) is 19.8 Å². The Morgan fingerprint density at radius 2 is 1.97 bits per heavy atom. The third-order valence-corrected chi connectivity index (χ3v) is 6.15. The minimum Gasteiger partial charge on any atom is -0.436 e. The van der Waals surface area contributed by atoms with Crippen molar-refractivity contribution >= 4 is 17.9 Å². The maximum Gasteiger partial charge on any atom is 0.405 e. The van der Waals surface area contributed by atoms with Crippen LogP contribution < -0.4 is 16.4 Å². The largest absolute Gasteiger partial charge is 0.436 e. The monoisotopic (exact) mass is 461 g/mol. The number of nitrogens with one attached hydrogen (secondary N) is 2. The maximum atomic E-state index is 13.1. The summed E-state index contributed by atoms with van der Waals surface area (Å²) in [6, 6.07) is 9.54. The first-order valence-corrected chi connectivity index (χ1v) is 11.7. The SMILES string of the molecule is CC(CCc1ccccc1)C[C@@H](OC(N)=O)C(=O)N[C@H](CC1CCNC1=O)C1OCCCO1. The Morgan fingerprint density at radius 1 is 1.24 bits per heavy atom. The molecule has 2 heterocycles. The van der Waals surface area contributed by atoms with Crippen LogP contribution in [0, 0.1) is 11.8 Å². The number of carbonyl (C=O) groups is 3. The van der Waals surface area contributed by atoms with E-state index in [-0.39, 0.29) is 17.7 Å². The molecule has 4 atom stereocenters. The third kappa shape index (κ3) is 8.01. The van der Waals surface area contributed by atoms with E-state index < -0.39 is 30.4 Å². The first-order valence-electron chi connectivity index (χ1n) is 11.7. The van der Waals surface area contributed by atoms with Gasteiger partial charge < -0.3 is 30.6 Å². The third-order valence-electron chi connectivity index (χ3n) is 6.15. The maximum absolute atomic E-state index is 13.1. The molecule has 0 spiro atoms. The van der Waals surface area contributed by atoms with Crippen molar-refractivity contribution in [3.05, 3.63) is 35.9 Å². The fourth-order valence-corrected chi connectivity index (χ4v) is 4.32. The fourth-order valence-electron chi connectivity index (χ4n) is 4.32. The van der Waals surface area contributed by atoms with Crippen LogP contribution in [0.25, 0.3) is 0 Å². The molecular weight excluding hydrogens is 426 g/mol. The van der Waals surface area contributed by atoms with E-state index in [1.54, 1.807) is 0 Å². The lowest BCUT2D eigenvalue weighted by Gasteiger charge is -2.33. The molecule has 3 amide bonds. The highest BCUT2D eigenvalue weighted by molar-refractivity contribution is 5.84. The van der Waals surface area contributed by atoms with Gasteiger partial charge in [0.05, 0.1) is 19.3 Å². The molecule has 33 heavy (non-hydrogen) atoms. The number of carbonyl (C=O) groups excluding carboxylic acids is 3. The van der Waals surface area contributed by atoms with E-state index in [9.17, 15) is 14.4 Å². The summed E-state index contributed by atoms with van der Waals surface area (Å²) in [5.41, 5.74) is 6.46. The topological polar surface area (TPSA) is 129 Å². The summed E-state index contributed by atoms with van der Waals surface area (Å²) in [6.45, 7) is 3.67. The lowest BCUT2D eigenvalue weighted by atomic mass is 9.94. The normalized spacial score (nSPS) is 21.6. The van der Waals surface area contributed by atoms with Crippen LogP contribution in [0.4, 0.5) is 4.79 Å². The Balaban J connectivity index is 1.62. The van der Waals surface area contributed by atoms with Gasteiger partial charge in [0.1, 0.15) is 0 Å². The van der Waals surface area contributed by atoms with Crippen LogP contribution in [0.2, 0.25) is 0 Å². The number of hydrogen-bond acceptors (Lipinski definition) is 6. The Bertz CT molecular complexity index is 784. The summed E-state index contributed by atoms with van der Waals surface area (Å²) < 4.78 is 16.6. The van der Waals surface area contributed by atoms with Crippen molar-refractivity contribution in [2.45, 2.75) is 63.9 Å². The number of rotatable bonds is 11. The zero-order valence-electron chi connectivity index (χ0n) is 19.2. The van der Waals surface area contributed by atoms with E-state index in [2.05, 4.69) is 22.8 Å². The Hall–Kier alpha value is -2.65. The molecule has 1 aromatic carbocycles. The first kappa shape index (κ1) is 25.0. The molecule has 0 aliphatic carbocycles. The summed E-state index contributed by atoms with van der Waals surface area (Å²) in [4.78, 5) is 36.7. The molecule has 182 valence electrons. The van der Waals surface area contributed by atoms with Gasteiger partial charge in [0, 0.05) is 12.5 Å². The zero-order valence-corrected chi connectivity index (χ0v) is 19.2. The molecule has 9 heteroatoms. The van der Waals surface area contributed by atoms with E-state index in [1.165, 1.54) is 5.56 Å². The molecule has 0 radical (unpaired) electrons. The van der Waals surface area contributed by atoms with Gasteiger partial charge in [0.15, 0.2) is 12.4 Å². The molecule has 2 unspecified atom stereocenters. The van der Waals surface area contributed by atoms with E-state index >= 15 is 0 Å². The number of primary amides is 1. The smallest absolute Gasteiger partial charge is 0.405 e. The van der Waals surface area contributed by atoms with Crippen LogP contribution >= 0.6 is 0 Å². The highest BCUT2D eigenvalue weighted by atomic mass is 16.7. The summed E-state index contributed by atoms with van der Waals surface area (Å²) in [6.07, 6.45) is 1.19. The van der Waals surface area contributed by atoms with Crippen molar-refractivity contribution in [3.8, 4) is 0 Å². The van der Waals surface area contributed by atoms with Gasteiger partial charge in [0.2, 0.25) is 5.91 Å². The van der Waals surface area contributed by atoms with E-state index in [0.29, 0.717) is 39.0 Å². The summed E-state index contributed by atoms with van der Waals surface area (Å²) in [7, 11) is 0. The molecule has 3 rings (SSSR count). The number of aryl methyl sites for hydroxylation is 1. The van der Waals surface area contributed by atoms with Crippen LogP contribution in [-0.2, 0) is 30.2 Å². The van der Waals surface area contributed by atoms with Gasteiger partial charge in [-0.3, -0.25) is 9.59 Å². The quantitative estimate of drug-likeness (QED) is 0.462. The van der Waals surface area contributed by atoms with E-state index in [0.717, 1.165) is 19.3 Å². The molecule has 9 nitrogen and oxygen atoms in total. The molecule has 2 aliphatic rings. The summed E-state index contributed by atoms with van der Waals surface area (Å²) >= 11 is 0. The summed E-state index contributed by atoms with van der Waals surface area (Å²) in [5, 5.41) is 5.73. The van der Waals surface area contributed by atoms with Crippen molar-refractivity contribution in [1.82, 2.24) is 10.6 Å². The molecule has 1 aromatic rings. The van der Waals surface area contributed by atoms with Crippen LogP contribution in [0.1, 0.15) is 44.6 Å². The molecule has 2 fully saturated rings. The lowest BCUT2D eigenvalue weighted by Crippen LogP contribution is -2.52. The van der Waals surface area contributed by atoms with Crippen LogP contribution in [0.3, 0.4) is 0 Å². The average molecular weight is 462 g/mol. The molecule has 0 saturated carbocycles. The van der Waals surface area contributed by atoms with Gasteiger partial charge in [-0.2, -0.15) is 0 Å². The van der Waals surface area contributed by atoms with Crippen molar-refractivity contribution < 1.29 is 28.6 Å². The number of hydrogen-bond donors (Lipinski definition) is 3. The standard InChI is InChI=1S/C24H35N3O6/c1-16(8-9-17-6-3-2-4-7-17)14-20(33-24(25)30)22(29)27-19(23-31-12-5-13-32-23)15-18-10-11-26-21(18)28/h2-4,6-7,16,18-20,23H,5,8-15H2,1H3,(H2,25,30)(H,26,28)(H,27,29)/t16?,18?,19-,20-/m1/s1. The van der Waals surface area contributed by atoms with Crippen molar-refractivity contribution in [1.29, 1.82) is 0 Å². The second kappa shape index (κ2) is 12.6. The molecule has 0 aromatic heterocycles. The molecule has 2 saturated heterocycles. The number of ether oxygens (including phenoxy) is 3. The number of benzene rings is 1. The average Bonchev–Trinajstić information content (AvgIpc) is 3.22. The molecule has 2 aliphatic heterocycles. The second-order valence-corrected chi connectivity index (χ2v) is 8.88. The zero-order chi connectivity index (χ0) is 23.6. The van der Waals surface area contributed by atoms with Gasteiger partial charge >= 0.3 is 6.09 Å². The van der Waals surface area contributed by atoms with E-state index in [1.807, 2.05) is 25.1 Å². The highest BCUT2D eigenvalue weighted by Gasteiger charge is 2.36. The fraction of sp³-hybridized carbons (Fsp3) is 0.625. The predicted molar refractivity (Wildman–Crippen MR) is 121 cm³/mol. The predicted octanol–water partition coefficient (Wildman–Crippen LogP) is 1.88. The lowest BCUT2D eigenvalue weighted by molar-refractivity contribution is -0.196. The van der Waals surface area contributed by atoms with Gasteiger partial charge in [0.25, 0.3) is 5.91 Å². The van der Waals surface area contributed by atoms with Gasteiger partial charge in [-0.05, 0) is 50.0 Å². The number of amides is 3. The first-order chi connectivity index (χ1) is 15.9. The Kier molecular flexibility index (Phi) is 9.50. The molecule has 0 bridgehead atoms. The van der Waals surface area contributed by atoms with E-state index in [4.69, 9.17) is 19.9 Å². The molecular formula is C24H35N3O6. The van der Waals surface area contributed by atoms with Crippen LogP contribution in [0.15, 0.2) is 30.3 Å². The van der Waals surface area contributed by atoms with Gasteiger partial charge in [-0.1, -0.05) is 37.3 Å². The van der Waals surface area contributed by atoms with Crippen LogP contribution in [0.5, 0.6) is 0 Å². The Morgan fingerprint density at radius 3 is 2.61 bits per heavy atom. The second-order valence-electron chi connectivity index (χ2n) is 8.88. The Labute approximate surface area is 194 Å². The van der Waals surface area contributed by atoms with Gasteiger partial charge in [-0.15, -0.1) is 0 Å². The van der Waals surface area contributed by atoms with Crippen molar-refractivity contribution in [3.63, 3.8) is 0 Å². The highest BCUT2D eigenvalue weighted by Crippen LogP contribution is 2.22.